The van der Waals surface area contributed by atoms with Crippen LogP contribution in [0.3, 0.4) is 0 Å². The monoisotopic (exact) mass is 375 g/mol. The molecule has 0 saturated carbocycles. The van der Waals surface area contributed by atoms with Crippen molar-refractivity contribution in [3.63, 3.8) is 0 Å². The first-order valence-corrected chi connectivity index (χ1v) is 9.39. The molecule has 2 aromatic rings. The second-order valence-corrected chi connectivity index (χ2v) is 8.54. The van der Waals surface area contributed by atoms with E-state index >= 15 is 0 Å². The van der Waals surface area contributed by atoms with Gasteiger partial charge in [0.2, 0.25) is 0 Å². The zero-order valence-electron chi connectivity index (χ0n) is 16.3. The number of Topliss-reactive ketones (excluding diaryl/α,β-unsaturated/α-hetero) is 1. The van der Waals surface area contributed by atoms with Gasteiger partial charge in [-0.15, -0.1) is 0 Å². The van der Waals surface area contributed by atoms with Gasteiger partial charge in [-0.25, -0.2) is 9.37 Å². The number of fused-ring (bicyclic) bond motifs is 1. The molecule has 0 unspecified atom stereocenters. The molecule has 2 heterocycles. The Hall–Kier alpha value is -3.00. The Morgan fingerprint density at radius 3 is 2.57 bits per heavy atom. The summed E-state index contributed by atoms with van der Waals surface area (Å²) in [5, 5.41) is 13.2. The molecule has 4 rings (SSSR count). The Balaban J connectivity index is 2.09. The summed E-state index contributed by atoms with van der Waals surface area (Å²) < 4.78 is 13.6. The van der Waals surface area contributed by atoms with E-state index in [1.807, 2.05) is 37.3 Å². The first-order valence-electron chi connectivity index (χ1n) is 9.39. The molecule has 1 N–H and O–H groups in total. The lowest BCUT2D eigenvalue weighted by molar-refractivity contribution is -0.118. The van der Waals surface area contributed by atoms with Crippen molar-refractivity contribution in [1.82, 2.24) is 4.98 Å². The summed E-state index contributed by atoms with van der Waals surface area (Å²) in [6.45, 7) is 5.33. The molecule has 142 valence electrons. The number of rotatable bonds is 2. The van der Waals surface area contributed by atoms with E-state index in [2.05, 4.69) is 30.2 Å². The minimum atomic E-state index is -0.867. The van der Waals surface area contributed by atoms with Gasteiger partial charge in [0.05, 0.1) is 11.0 Å². The van der Waals surface area contributed by atoms with Crippen molar-refractivity contribution in [1.29, 1.82) is 5.26 Å². The van der Waals surface area contributed by atoms with Crippen LogP contribution in [0.15, 0.2) is 47.8 Å². The third-order valence-corrected chi connectivity index (χ3v) is 5.91. The molecule has 1 atom stereocenters. The number of pyridine rings is 1. The van der Waals surface area contributed by atoms with Crippen LogP contribution in [0.1, 0.15) is 55.9 Å². The maximum Gasteiger partial charge on any atom is 0.162 e. The number of ketones is 1. The van der Waals surface area contributed by atoms with Gasteiger partial charge in [0.25, 0.3) is 0 Å². The van der Waals surface area contributed by atoms with Gasteiger partial charge in [-0.1, -0.05) is 44.2 Å². The summed E-state index contributed by atoms with van der Waals surface area (Å²) in [6, 6.07) is 11.8. The molecule has 1 aromatic carbocycles. The molecule has 1 aliphatic heterocycles. The second-order valence-electron chi connectivity index (χ2n) is 8.54. The van der Waals surface area contributed by atoms with Crippen LogP contribution < -0.4 is 5.32 Å². The second kappa shape index (κ2) is 6.27. The van der Waals surface area contributed by atoms with Gasteiger partial charge in [0.1, 0.15) is 18.6 Å². The predicted molar refractivity (Wildman–Crippen MR) is 105 cm³/mol. The van der Waals surface area contributed by atoms with E-state index in [0.29, 0.717) is 29.8 Å². The minimum absolute atomic E-state index is 0.0605. The number of aromatic nitrogens is 1. The van der Waals surface area contributed by atoms with Crippen molar-refractivity contribution in [3.8, 4) is 6.07 Å². The van der Waals surface area contributed by atoms with E-state index in [4.69, 9.17) is 0 Å². The lowest BCUT2D eigenvalue weighted by Crippen LogP contribution is -2.43. The lowest BCUT2D eigenvalue weighted by atomic mass is 9.61. The SMILES string of the molecule is CC1(C)CC(=O)C2=C(C1)Nc1ncc(CF)c(C#N)c1[C@@]2(C)c1ccccc1. The van der Waals surface area contributed by atoms with Gasteiger partial charge in [-0.3, -0.25) is 4.79 Å². The molecule has 0 bridgehead atoms. The Kier molecular flexibility index (Phi) is 4.11. The first kappa shape index (κ1) is 18.4. The predicted octanol–water partition coefficient (Wildman–Crippen LogP) is 4.80. The number of nitriles is 1. The number of allylic oxidation sites excluding steroid dienone is 2. The Morgan fingerprint density at radius 1 is 1.21 bits per heavy atom. The fraction of sp³-hybridized carbons (Fsp3) is 0.348. The highest BCUT2D eigenvalue weighted by atomic mass is 19.1. The van der Waals surface area contributed by atoms with Crippen LogP contribution in [-0.2, 0) is 16.9 Å². The van der Waals surface area contributed by atoms with Crippen LogP contribution in [0, 0.1) is 16.7 Å². The van der Waals surface area contributed by atoms with Gasteiger partial charge >= 0.3 is 0 Å². The molecule has 0 amide bonds. The summed E-state index contributed by atoms with van der Waals surface area (Å²) in [5.74, 6) is 0.592. The van der Waals surface area contributed by atoms with Crippen molar-refractivity contribution in [2.45, 2.75) is 45.7 Å². The van der Waals surface area contributed by atoms with Gasteiger partial charge < -0.3 is 5.32 Å². The highest BCUT2D eigenvalue weighted by molar-refractivity contribution is 6.03. The van der Waals surface area contributed by atoms with Gasteiger partial charge in [0.15, 0.2) is 5.78 Å². The topological polar surface area (TPSA) is 65.8 Å². The number of alkyl halides is 1. The van der Waals surface area contributed by atoms with E-state index < -0.39 is 12.1 Å². The van der Waals surface area contributed by atoms with Crippen LogP contribution in [0.5, 0.6) is 0 Å². The number of benzene rings is 1. The van der Waals surface area contributed by atoms with Gasteiger partial charge in [-0.05, 0) is 24.3 Å². The van der Waals surface area contributed by atoms with E-state index in [-0.39, 0.29) is 22.3 Å². The van der Waals surface area contributed by atoms with E-state index in [1.54, 1.807) is 0 Å². The van der Waals surface area contributed by atoms with Crippen LogP contribution in [0.2, 0.25) is 0 Å². The minimum Gasteiger partial charge on any atom is -0.343 e. The molecule has 5 heteroatoms. The molecular weight excluding hydrogens is 353 g/mol. The zero-order valence-corrected chi connectivity index (χ0v) is 16.3. The zero-order chi connectivity index (χ0) is 20.1. The van der Waals surface area contributed by atoms with Crippen molar-refractivity contribution >= 4 is 11.6 Å². The standard InChI is InChI=1S/C23H22FN3O/c1-22(2)9-17-20(18(28)10-22)23(3,15-7-5-4-6-8-15)19-16(12-25)14(11-24)13-26-21(19)27-17/h4-8,13H,9-11H2,1-3H3,(H,26,27)/t23-/m1/s1. The average Bonchev–Trinajstić information content (AvgIpc) is 2.66. The summed E-state index contributed by atoms with van der Waals surface area (Å²) in [6.07, 6.45) is 2.56. The summed E-state index contributed by atoms with van der Waals surface area (Å²) in [4.78, 5) is 17.8. The van der Waals surface area contributed by atoms with E-state index in [0.717, 1.165) is 11.3 Å². The number of halogens is 1. The van der Waals surface area contributed by atoms with Crippen LogP contribution in [0.4, 0.5) is 10.2 Å². The molecule has 0 fully saturated rings. The van der Waals surface area contributed by atoms with Crippen LogP contribution in [-0.4, -0.2) is 10.8 Å². The Bertz CT molecular complexity index is 1050. The fourth-order valence-electron chi connectivity index (χ4n) is 4.70. The van der Waals surface area contributed by atoms with Crippen molar-refractivity contribution < 1.29 is 9.18 Å². The largest absolute Gasteiger partial charge is 0.343 e. The number of anilines is 1. The van der Waals surface area contributed by atoms with E-state index in [1.165, 1.54) is 6.20 Å². The number of carbonyl (C=O) groups excluding carboxylic acids is 1. The molecule has 28 heavy (non-hydrogen) atoms. The molecule has 0 radical (unpaired) electrons. The summed E-state index contributed by atoms with van der Waals surface area (Å²) in [5.41, 5.74) is 2.48. The number of carbonyl (C=O) groups is 1. The number of hydrogen-bond acceptors (Lipinski definition) is 4. The Morgan fingerprint density at radius 2 is 1.93 bits per heavy atom. The summed E-state index contributed by atoms with van der Waals surface area (Å²) >= 11 is 0. The van der Waals surface area contributed by atoms with Gasteiger partial charge in [0, 0.05) is 35.0 Å². The molecular formula is C23H22FN3O. The van der Waals surface area contributed by atoms with Crippen molar-refractivity contribution in [3.05, 3.63) is 70.1 Å². The molecule has 0 saturated heterocycles. The maximum atomic E-state index is 13.6. The smallest absolute Gasteiger partial charge is 0.162 e. The van der Waals surface area contributed by atoms with Crippen LogP contribution >= 0.6 is 0 Å². The lowest BCUT2D eigenvalue weighted by Gasteiger charge is -2.45. The summed E-state index contributed by atoms with van der Waals surface area (Å²) in [7, 11) is 0. The highest BCUT2D eigenvalue weighted by Crippen LogP contribution is 2.53. The maximum absolute atomic E-state index is 13.6. The van der Waals surface area contributed by atoms with E-state index in [9.17, 15) is 14.4 Å². The third kappa shape index (κ3) is 2.56. The highest BCUT2D eigenvalue weighted by Gasteiger charge is 2.49. The number of nitrogens with zero attached hydrogens (tertiary/aromatic N) is 2. The molecule has 4 nitrogen and oxygen atoms in total. The fourth-order valence-corrected chi connectivity index (χ4v) is 4.70. The average molecular weight is 375 g/mol. The molecule has 2 aliphatic rings. The Labute approximate surface area is 164 Å². The molecule has 0 spiro atoms. The molecule has 1 aliphatic carbocycles. The number of nitrogens with one attached hydrogen (secondary N) is 1. The van der Waals surface area contributed by atoms with Crippen LogP contribution in [0.25, 0.3) is 0 Å². The quantitative estimate of drug-likeness (QED) is 0.819. The molecule has 1 aromatic heterocycles. The van der Waals surface area contributed by atoms with Crippen molar-refractivity contribution in [2.24, 2.45) is 5.41 Å². The van der Waals surface area contributed by atoms with Gasteiger partial charge in [-0.2, -0.15) is 5.26 Å². The third-order valence-electron chi connectivity index (χ3n) is 5.91. The normalized spacial score (nSPS) is 22.8. The van der Waals surface area contributed by atoms with Crippen molar-refractivity contribution in [2.75, 3.05) is 5.32 Å². The number of hydrogen-bond donors (Lipinski definition) is 1. The first-order chi connectivity index (χ1) is 13.3.